The molecule has 1 saturated heterocycles. The Morgan fingerprint density at radius 2 is 1.79 bits per heavy atom. The second kappa shape index (κ2) is 11.6. The summed E-state index contributed by atoms with van der Waals surface area (Å²) in [7, 11) is 5.08. The van der Waals surface area contributed by atoms with E-state index in [0.717, 1.165) is 37.5 Å². The Labute approximate surface area is 169 Å². The van der Waals surface area contributed by atoms with Gasteiger partial charge in [0.1, 0.15) is 0 Å². The predicted molar refractivity (Wildman–Crippen MR) is 114 cm³/mol. The number of benzene rings is 1. The first-order chi connectivity index (χ1) is 13.6. The first-order valence-corrected chi connectivity index (χ1v) is 10.2. The number of piperidine rings is 1. The summed E-state index contributed by atoms with van der Waals surface area (Å²) in [5, 5.41) is 6.95. The minimum absolute atomic E-state index is 0.462. The van der Waals surface area contributed by atoms with Gasteiger partial charge in [0.2, 0.25) is 5.75 Å². The maximum Gasteiger partial charge on any atom is 0.203 e. The van der Waals surface area contributed by atoms with Crippen molar-refractivity contribution >= 4 is 5.96 Å². The number of ether oxygens (including phenoxy) is 3. The van der Waals surface area contributed by atoms with Crippen LogP contribution in [0.1, 0.15) is 38.7 Å². The lowest BCUT2D eigenvalue weighted by Gasteiger charge is -2.32. The highest BCUT2D eigenvalue weighted by molar-refractivity contribution is 5.80. The van der Waals surface area contributed by atoms with Gasteiger partial charge in [-0.15, -0.1) is 0 Å². The number of hydrogen-bond donors (Lipinski definition) is 2. The molecule has 0 aliphatic carbocycles. The molecule has 1 heterocycles. The number of nitrogens with one attached hydrogen (secondary N) is 2. The van der Waals surface area contributed by atoms with Crippen molar-refractivity contribution in [2.24, 2.45) is 4.99 Å². The summed E-state index contributed by atoms with van der Waals surface area (Å²) in [6.45, 7) is 8.84. The molecular formula is C21H36N4O3. The van der Waals surface area contributed by atoms with Crippen LogP contribution in [-0.2, 0) is 6.54 Å². The van der Waals surface area contributed by atoms with E-state index in [0.29, 0.717) is 36.4 Å². The number of hydrogen-bond acceptors (Lipinski definition) is 5. The standard InChI is InChI=1S/C21H36N4O3/c1-6-10-25-11-8-17(9-12-25)24-21(22-3)23-15-16-13-18(26-4)20(28-7-2)19(14-16)27-5/h13-14,17H,6-12,15H2,1-5H3,(H2,22,23,24). The molecule has 0 spiro atoms. The zero-order valence-electron chi connectivity index (χ0n) is 18.0. The van der Waals surface area contributed by atoms with E-state index < -0.39 is 0 Å². The van der Waals surface area contributed by atoms with Crippen LogP contribution in [0.3, 0.4) is 0 Å². The van der Waals surface area contributed by atoms with Crippen LogP contribution in [0.4, 0.5) is 0 Å². The molecule has 2 N–H and O–H groups in total. The van der Waals surface area contributed by atoms with Gasteiger partial charge in [-0.25, -0.2) is 0 Å². The Bertz CT molecular complexity index is 603. The molecule has 0 saturated carbocycles. The molecule has 7 heteroatoms. The largest absolute Gasteiger partial charge is 0.493 e. The van der Waals surface area contributed by atoms with E-state index in [1.807, 2.05) is 19.1 Å². The van der Waals surface area contributed by atoms with Gasteiger partial charge >= 0.3 is 0 Å². The SMILES string of the molecule is CCCN1CCC(NC(=NC)NCc2cc(OC)c(OCC)c(OC)c2)CC1. The predicted octanol–water partition coefficient (Wildman–Crippen LogP) is 2.64. The maximum absolute atomic E-state index is 5.67. The van der Waals surface area contributed by atoms with Gasteiger partial charge in [-0.1, -0.05) is 6.92 Å². The van der Waals surface area contributed by atoms with Crippen LogP contribution < -0.4 is 24.8 Å². The van der Waals surface area contributed by atoms with Gasteiger partial charge in [-0.3, -0.25) is 4.99 Å². The Morgan fingerprint density at radius 3 is 2.29 bits per heavy atom. The average Bonchev–Trinajstić information content (AvgIpc) is 2.73. The van der Waals surface area contributed by atoms with Gasteiger partial charge in [0.15, 0.2) is 17.5 Å². The highest BCUT2D eigenvalue weighted by atomic mass is 16.5. The van der Waals surface area contributed by atoms with Crippen molar-refractivity contribution < 1.29 is 14.2 Å². The molecule has 0 atom stereocenters. The fourth-order valence-corrected chi connectivity index (χ4v) is 3.51. The van der Waals surface area contributed by atoms with E-state index in [4.69, 9.17) is 14.2 Å². The molecule has 1 aliphatic heterocycles. The van der Waals surface area contributed by atoms with Crippen molar-refractivity contribution in [3.8, 4) is 17.2 Å². The molecule has 1 fully saturated rings. The van der Waals surface area contributed by atoms with Gasteiger partial charge in [0.05, 0.1) is 20.8 Å². The van der Waals surface area contributed by atoms with Gasteiger partial charge in [-0.2, -0.15) is 0 Å². The number of guanidine groups is 1. The van der Waals surface area contributed by atoms with Gasteiger partial charge in [0.25, 0.3) is 0 Å². The summed E-state index contributed by atoms with van der Waals surface area (Å²) < 4.78 is 16.6. The van der Waals surface area contributed by atoms with E-state index >= 15 is 0 Å². The number of likely N-dealkylation sites (tertiary alicyclic amines) is 1. The third kappa shape index (κ3) is 6.19. The lowest BCUT2D eigenvalue weighted by Crippen LogP contribution is -2.48. The molecule has 1 aromatic rings. The molecule has 2 rings (SSSR count). The Hall–Kier alpha value is -2.15. The van der Waals surface area contributed by atoms with Gasteiger partial charge in [0, 0.05) is 32.7 Å². The van der Waals surface area contributed by atoms with E-state index in [-0.39, 0.29) is 0 Å². The Kier molecular flexibility index (Phi) is 9.20. The summed E-state index contributed by atoms with van der Waals surface area (Å²) in [5.41, 5.74) is 1.04. The molecule has 0 bridgehead atoms. The summed E-state index contributed by atoms with van der Waals surface area (Å²) in [6.07, 6.45) is 3.51. The molecule has 0 amide bonds. The monoisotopic (exact) mass is 392 g/mol. The molecule has 28 heavy (non-hydrogen) atoms. The fraction of sp³-hybridized carbons (Fsp3) is 0.667. The van der Waals surface area contributed by atoms with Crippen molar-refractivity contribution in [2.75, 3.05) is 47.5 Å². The third-order valence-electron chi connectivity index (χ3n) is 4.96. The topological polar surface area (TPSA) is 67.4 Å². The number of nitrogens with zero attached hydrogens (tertiary/aromatic N) is 2. The van der Waals surface area contributed by atoms with E-state index in [1.165, 1.54) is 13.0 Å². The quantitative estimate of drug-likeness (QED) is 0.497. The van der Waals surface area contributed by atoms with Gasteiger partial charge in [-0.05, 0) is 50.4 Å². The summed E-state index contributed by atoms with van der Waals surface area (Å²) in [4.78, 5) is 6.91. The van der Waals surface area contributed by atoms with Crippen LogP contribution in [0.5, 0.6) is 17.2 Å². The average molecular weight is 393 g/mol. The molecule has 158 valence electrons. The molecule has 1 aliphatic rings. The fourth-order valence-electron chi connectivity index (χ4n) is 3.51. The number of aliphatic imine (C=N–C) groups is 1. The molecular weight excluding hydrogens is 356 g/mol. The Morgan fingerprint density at radius 1 is 1.14 bits per heavy atom. The second-order valence-corrected chi connectivity index (χ2v) is 6.95. The smallest absolute Gasteiger partial charge is 0.203 e. The number of methoxy groups -OCH3 is 2. The highest BCUT2D eigenvalue weighted by Crippen LogP contribution is 2.38. The van der Waals surface area contributed by atoms with Crippen LogP contribution in [0.25, 0.3) is 0 Å². The highest BCUT2D eigenvalue weighted by Gasteiger charge is 2.19. The first kappa shape index (κ1) is 22.1. The number of rotatable bonds is 9. The zero-order chi connectivity index (χ0) is 20.4. The molecule has 0 radical (unpaired) electrons. The first-order valence-electron chi connectivity index (χ1n) is 10.2. The molecule has 0 unspecified atom stereocenters. The van der Waals surface area contributed by atoms with E-state index in [9.17, 15) is 0 Å². The normalized spacial score (nSPS) is 16.0. The lowest BCUT2D eigenvalue weighted by molar-refractivity contribution is 0.206. The minimum atomic E-state index is 0.462. The van der Waals surface area contributed by atoms with Crippen molar-refractivity contribution in [1.82, 2.24) is 15.5 Å². The van der Waals surface area contributed by atoms with Gasteiger partial charge < -0.3 is 29.7 Å². The van der Waals surface area contributed by atoms with E-state index in [2.05, 4.69) is 27.4 Å². The van der Waals surface area contributed by atoms with Crippen LogP contribution in [0, 0.1) is 0 Å². The van der Waals surface area contributed by atoms with Crippen LogP contribution >= 0.6 is 0 Å². The summed E-state index contributed by atoms with van der Waals surface area (Å²) in [5.74, 6) is 2.80. The maximum atomic E-state index is 5.67. The van der Waals surface area contributed by atoms with Crippen LogP contribution in [0.15, 0.2) is 17.1 Å². The minimum Gasteiger partial charge on any atom is -0.493 e. The van der Waals surface area contributed by atoms with E-state index in [1.54, 1.807) is 21.3 Å². The second-order valence-electron chi connectivity index (χ2n) is 6.95. The molecule has 1 aromatic carbocycles. The van der Waals surface area contributed by atoms with Crippen molar-refractivity contribution in [3.63, 3.8) is 0 Å². The Balaban J connectivity index is 1.94. The van der Waals surface area contributed by atoms with Crippen LogP contribution in [0.2, 0.25) is 0 Å². The molecule has 7 nitrogen and oxygen atoms in total. The zero-order valence-corrected chi connectivity index (χ0v) is 18.0. The summed E-state index contributed by atoms with van der Waals surface area (Å²) in [6, 6.07) is 4.40. The molecule has 0 aromatic heterocycles. The van der Waals surface area contributed by atoms with Crippen molar-refractivity contribution in [1.29, 1.82) is 0 Å². The summed E-state index contributed by atoms with van der Waals surface area (Å²) >= 11 is 0. The van der Waals surface area contributed by atoms with Crippen molar-refractivity contribution in [3.05, 3.63) is 17.7 Å². The van der Waals surface area contributed by atoms with Crippen LogP contribution in [-0.4, -0.2) is 64.4 Å². The van der Waals surface area contributed by atoms with Crippen molar-refractivity contribution in [2.45, 2.75) is 45.7 Å². The third-order valence-corrected chi connectivity index (χ3v) is 4.96. The lowest BCUT2D eigenvalue weighted by atomic mass is 10.1.